The second kappa shape index (κ2) is 13.2. The van der Waals surface area contributed by atoms with E-state index in [4.69, 9.17) is 47.9 Å². The molecule has 2 saturated heterocycles. The molecule has 2 aromatic carbocycles. The van der Waals surface area contributed by atoms with Crippen LogP contribution in [0.3, 0.4) is 0 Å². The van der Waals surface area contributed by atoms with Crippen LogP contribution in [-0.2, 0) is 20.5 Å². The van der Waals surface area contributed by atoms with Gasteiger partial charge in [0.05, 0.1) is 43.3 Å². The molecule has 2 aliphatic rings. The van der Waals surface area contributed by atoms with Gasteiger partial charge in [-0.1, -0.05) is 29.3 Å². The fraction of sp³-hybridized carbons (Fsp3) is 0.406. The highest BCUT2D eigenvalue weighted by Gasteiger charge is 2.45. The minimum absolute atomic E-state index is 0.0720. The van der Waals surface area contributed by atoms with E-state index in [0.29, 0.717) is 71.8 Å². The molecule has 2 aliphatic heterocycles. The van der Waals surface area contributed by atoms with Crippen LogP contribution in [0, 0.1) is 0 Å². The number of likely N-dealkylation sites (tertiary alicyclic amines) is 1. The summed E-state index contributed by atoms with van der Waals surface area (Å²) in [6.45, 7) is 2.38. The Bertz CT molecular complexity index is 1490. The van der Waals surface area contributed by atoms with Crippen LogP contribution in [0.5, 0.6) is 17.2 Å². The van der Waals surface area contributed by atoms with E-state index in [1.165, 1.54) is 21.3 Å². The monoisotopic (exact) mass is 642 g/mol. The van der Waals surface area contributed by atoms with E-state index in [9.17, 15) is 9.59 Å². The Labute approximate surface area is 266 Å². The van der Waals surface area contributed by atoms with Gasteiger partial charge in [0.1, 0.15) is 12.3 Å². The van der Waals surface area contributed by atoms with Gasteiger partial charge >= 0.3 is 0 Å². The number of ether oxygens (including phenoxy) is 4. The van der Waals surface area contributed by atoms with Crippen molar-refractivity contribution in [3.8, 4) is 17.2 Å². The van der Waals surface area contributed by atoms with E-state index < -0.39 is 11.0 Å². The topological polar surface area (TPSA) is 116 Å². The maximum absolute atomic E-state index is 13.8. The van der Waals surface area contributed by atoms with Gasteiger partial charge in [0.2, 0.25) is 11.7 Å². The average molecular weight is 644 g/mol. The number of carbonyl (C=O) groups is 2. The molecule has 2 fully saturated rings. The third-order valence-corrected chi connectivity index (χ3v) is 9.57. The van der Waals surface area contributed by atoms with Crippen LogP contribution in [0.25, 0.3) is 0 Å². The number of carbonyl (C=O) groups excluding carboxylic acids is 2. The highest BCUT2D eigenvalue weighted by molar-refractivity contribution is 6.42. The Morgan fingerprint density at radius 1 is 0.932 bits per heavy atom. The second-order valence-corrected chi connectivity index (χ2v) is 11.9. The SMILES string of the molecule is COc1cc(C(=O)N2COC(CCN3CCC(C(N)=O)(c4ccncc4)CC3)(c3ccc(Cl)c(Cl)c3)C2)cc(OC)c1OC. The van der Waals surface area contributed by atoms with Gasteiger partial charge in [-0.05, 0) is 79.9 Å². The van der Waals surface area contributed by atoms with E-state index in [1.54, 1.807) is 41.6 Å². The number of nitrogens with zero attached hydrogens (tertiary/aromatic N) is 3. The Morgan fingerprint density at radius 3 is 2.16 bits per heavy atom. The molecule has 10 nitrogen and oxygen atoms in total. The molecule has 3 aromatic rings. The van der Waals surface area contributed by atoms with Gasteiger partial charge in [0, 0.05) is 24.5 Å². The predicted molar refractivity (Wildman–Crippen MR) is 167 cm³/mol. The number of primary amides is 1. The number of methoxy groups -OCH3 is 3. The van der Waals surface area contributed by atoms with Crippen LogP contribution in [0.4, 0.5) is 0 Å². The summed E-state index contributed by atoms with van der Waals surface area (Å²) >= 11 is 12.7. The van der Waals surface area contributed by atoms with Crippen molar-refractivity contribution in [1.82, 2.24) is 14.8 Å². The van der Waals surface area contributed by atoms with Gasteiger partial charge in [-0.25, -0.2) is 0 Å². The molecule has 234 valence electrons. The molecule has 0 spiro atoms. The zero-order valence-corrected chi connectivity index (χ0v) is 26.5. The van der Waals surface area contributed by atoms with Crippen molar-refractivity contribution in [3.05, 3.63) is 81.6 Å². The van der Waals surface area contributed by atoms with Gasteiger partial charge < -0.3 is 34.5 Å². The van der Waals surface area contributed by atoms with Crippen LogP contribution in [0.2, 0.25) is 10.0 Å². The standard InChI is InChI=1S/C32H36Cl2N4O6/c1-41-26-16-21(17-27(42-2)28(26)43-3)29(39)38-19-32(44-20-38,23-4-5-24(33)25(34)18-23)10-15-37-13-8-31(9-14-37,30(35)40)22-6-11-36-12-7-22/h4-7,11-12,16-18H,8-10,13-15,19-20H2,1-3H3,(H2,35,40). The number of nitrogens with two attached hydrogens (primary N) is 1. The van der Waals surface area contributed by atoms with Crippen molar-refractivity contribution >= 4 is 35.0 Å². The van der Waals surface area contributed by atoms with E-state index in [-0.39, 0.29) is 25.1 Å². The van der Waals surface area contributed by atoms with Gasteiger partial charge in [0.25, 0.3) is 5.91 Å². The quantitative estimate of drug-likeness (QED) is 0.340. The molecular formula is C32H36Cl2N4O6. The first-order valence-electron chi connectivity index (χ1n) is 14.3. The molecule has 44 heavy (non-hydrogen) atoms. The van der Waals surface area contributed by atoms with Crippen molar-refractivity contribution in [2.45, 2.75) is 30.3 Å². The van der Waals surface area contributed by atoms with E-state index in [0.717, 1.165) is 11.1 Å². The first kappa shape index (κ1) is 31.8. The van der Waals surface area contributed by atoms with Crippen molar-refractivity contribution in [2.24, 2.45) is 5.73 Å². The number of benzene rings is 2. The molecule has 1 atom stereocenters. The number of piperidine rings is 1. The summed E-state index contributed by atoms with van der Waals surface area (Å²) < 4.78 is 22.8. The molecule has 0 aliphatic carbocycles. The predicted octanol–water partition coefficient (Wildman–Crippen LogP) is 4.65. The van der Waals surface area contributed by atoms with Crippen molar-refractivity contribution in [3.63, 3.8) is 0 Å². The summed E-state index contributed by atoms with van der Waals surface area (Å²) in [6.07, 6.45) is 5.15. The van der Waals surface area contributed by atoms with Gasteiger partial charge in [-0.3, -0.25) is 14.6 Å². The van der Waals surface area contributed by atoms with Gasteiger partial charge in [0.15, 0.2) is 11.5 Å². The van der Waals surface area contributed by atoms with Crippen LogP contribution < -0.4 is 19.9 Å². The Morgan fingerprint density at radius 2 is 1.59 bits per heavy atom. The number of pyridine rings is 1. The fourth-order valence-electron chi connectivity index (χ4n) is 6.21. The molecule has 0 bridgehead atoms. The lowest BCUT2D eigenvalue weighted by molar-refractivity contribution is -0.125. The summed E-state index contributed by atoms with van der Waals surface area (Å²) in [4.78, 5) is 34.5. The summed E-state index contributed by atoms with van der Waals surface area (Å²) in [5.74, 6) is 0.605. The zero-order valence-electron chi connectivity index (χ0n) is 25.0. The highest BCUT2D eigenvalue weighted by atomic mass is 35.5. The minimum Gasteiger partial charge on any atom is -0.493 e. The Balaban J connectivity index is 1.36. The molecule has 5 rings (SSSR count). The smallest absolute Gasteiger partial charge is 0.256 e. The molecule has 2 N–H and O–H groups in total. The lowest BCUT2D eigenvalue weighted by Gasteiger charge is -2.41. The van der Waals surface area contributed by atoms with Crippen molar-refractivity contribution < 1.29 is 28.5 Å². The van der Waals surface area contributed by atoms with Crippen molar-refractivity contribution in [1.29, 1.82) is 0 Å². The lowest BCUT2D eigenvalue weighted by atomic mass is 9.72. The maximum atomic E-state index is 13.8. The van der Waals surface area contributed by atoms with Crippen LogP contribution in [-0.4, -0.2) is 80.8 Å². The summed E-state index contributed by atoms with van der Waals surface area (Å²) in [5, 5.41) is 0.840. The normalized spacial score (nSPS) is 19.9. The number of hydrogen-bond donors (Lipinski definition) is 1. The largest absolute Gasteiger partial charge is 0.493 e. The van der Waals surface area contributed by atoms with E-state index >= 15 is 0 Å². The van der Waals surface area contributed by atoms with Crippen molar-refractivity contribution in [2.75, 3.05) is 54.2 Å². The number of aromatic nitrogens is 1. The second-order valence-electron chi connectivity index (χ2n) is 11.1. The zero-order chi connectivity index (χ0) is 31.5. The average Bonchev–Trinajstić information content (AvgIpc) is 3.50. The Hall–Kier alpha value is -3.57. The number of amides is 2. The fourth-order valence-corrected chi connectivity index (χ4v) is 6.51. The Kier molecular flexibility index (Phi) is 9.55. The molecule has 1 aromatic heterocycles. The molecular weight excluding hydrogens is 607 g/mol. The number of halogens is 2. The molecule has 1 unspecified atom stereocenters. The van der Waals surface area contributed by atoms with Crippen LogP contribution >= 0.6 is 23.2 Å². The molecule has 3 heterocycles. The van der Waals surface area contributed by atoms with E-state index in [1.807, 2.05) is 18.2 Å². The lowest BCUT2D eigenvalue weighted by Crippen LogP contribution is -2.51. The molecule has 2 amide bonds. The first-order valence-corrected chi connectivity index (χ1v) is 15.0. The van der Waals surface area contributed by atoms with Crippen LogP contribution in [0.1, 0.15) is 40.7 Å². The highest BCUT2D eigenvalue weighted by Crippen LogP contribution is 2.42. The molecule has 0 saturated carbocycles. The van der Waals surface area contributed by atoms with Crippen LogP contribution in [0.15, 0.2) is 54.9 Å². The third kappa shape index (κ3) is 6.04. The summed E-state index contributed by atoms with van der Waals surface area (Å²) in [6, 6.07) is 12.4. The third-order valence-electron chi connectivity index (χ3n) is 8.83. The minimum atomic E-state index is -0.839. The first-order chi connectivity index (χ1) is 21.2. The van der Waals surface area contributed by atoms with E-state index in [2.05, 4.69) is 9.88 Å². The maximum Gasteiger partial charge on any atom is 0.256 e. The number of rotatable bonds is 10. The van der Waals surface area contributed by atoms with Gasteiger partial charge in [-0.15, -0.1) is 0 Å². The van der Waals surface area contributed by atoms with Gasteiger partial charge in [-0.2, -0.15) is 0 Å². The summed E-state index contributed by atoms with van der Waals surface area (Å²) in [7, 11) is 4.52. The molecule has 0 radical (unpaired) electrons. The molecule has 12 heteroatoms. The number of hydrogen-bond acceptors (Lipinski definition) is 8. The summed E-state index contributed by atoms with van der Waals surface area (Å²) in [5.41, 5.74) is 6.47.